The highest BCUT2D eigenvalue weighted by Crippen LogP contribution is 2.30. The first-order valence-electron chi connectivity index (χ1n) is 10.5. The first kappa shape index (κ1) is 33.6. The predicted molar refractivity (Wildman–Crippen MR) is 143 cm³/mol. The van der Waals surface area contributed by atoms with E-state index in [0.29, 0.717) is 0 Å². The van der Waals surface area contributed by atoms with Gasteiger partial charge in [0.25, 0.3) is 0 Å². The Balaban J connectivity index is -0.000000562. The number of rotatable bonds is 3. The van der Waals surface area contributed by atoms with E-state index in [2.05, 4.69) is 91.0 Å². The van der Waals surface area contributed by atoms with Crippen LogP contribution in [0.1, 0.15) is 41.5 Å². The topological polar surface area (TPSA) is 34.1 Å². The molecule has 0 fully saturated rings. The summed E-state index contributed by atoms with van der Waals surface area (Å²) in [6, 6.07) is 32.2. The largest absolute Gasteiger partial charge is 0.358 e. The van der Waals surface area contributed by atoms with Gasteiger partial charge in [-0.05, 0) is 36.4 Å². The first-order chi connectivity index (χ1) is 14.4. The smallest absolute Gasteiger partial charge is 0.166 e. The number of hydrogen-bond donors (Lipinski definition) is 0. The lowest BCUT2D eigenvalue weighted by molar-refractivity contribution is 0.607. The van der Waals surface area contributed by atoms with Gasteiger partial charge in [-0.2, -0.15) is 0 Å². The van der Waals surface area contributed by atoms with Gasteiger partial charge in [0.15, 0.2) is 14.7 Å². The van der Waals surface area contributed by atoms with E-state index in [0.717, 1.165) is 12.5 Å². The van der Waals surface area contributed by atoms with Gasteiger partial charge in [0.05, 0.1) is 10.9 Å². The van der Waals surface area contributed by atoms with Crippen LogP contribution in [0.3, 0.4) is 0 Å². The van der Waals surface area contributed by atoms with Crippen LogP contribution in [0.4, 0.5) is 0 Å². The summed E-state index contributed by atoms with van der Waals surface area (Å²) in [6.07, 6.45) is 2.32. The summed E-state index contributed by atoms with van der Waals surface area (Å²) in [5.74, 6) is 0. The SMILES string of the molecule is CC.CC.CC.CS(C)(=O)=O.[CH3-].c1ccc([S+](c2ccccc2)c2ccccc2)cc1. The predicted octanol–water partition coefficient (Wildman–Crippen LogP) is 7.97. The zero-order valence-electron chi connectivity index (χ0n) is 20.8. The third-order valence-electron chi connectivity index (χ3n) is 2.94. The highest BCUT2D eigenvalue weighted by molar-refractivity contribution is 7.97. The second kappa shape index (κ2) is 21.2. The molecule has 3 aromatic carbocycles. The van der Waals surface area contributed by atoms with Crippen molar-refractivity contribution in [2.75, 3.05) is 12.5 Å². The van der Waals surface area contributed by atoms with Crippen molar-refractivity contribution in [2.45, 2.75) is 56.2 Å². The van der Waals surface area contributed by atoms with Gasteiger partial charge in [-0.15, -0.1) is 0 Å². The number of benzene rings is 3. The Morgan fingerprint density at radius 2 is 0.645 bits per heavy atom. The van der Waals surface area contributed by atoms with Crippen molar-refractivity contribution >= 4 is 20.7 Å². The van der Waals surface area contributed by atoms with E-state index in [9.17, 15) is 8.42 Å². The van der Waals surface area contributed by atoms with Crippen molar-refractivity contribution in [3.05, 3.63) is 98.4 Å². The Morgan fingerprint density at radius 3 is 0.806 bits per heavy atom. The van der Waals surface area contributed by atoms with Crippen molar-refractivity contribution in [1.82, 2.24) is 0 Å². The average Bonchev–Trinajstić information content (AvgIpc) is 2.79. The van der Waals surface area contributed by atoms with E-state index in [4.69, 9.17) is 0 Å². The summed E-state index contributed by atoms with van der Waals surface area (Å²) in [5, 5.41) is 0. The van der Waals surface area contributed by atoms with Crippen LogP contribution in [0.5, 0.6) is 0 Å². The van der Waals surface area contributed by atoms with E-state index in [-0.39, 0.29) is 18.3 Å². The number of sulfone groups is 1. The van der Waals surface area contributed by atoms with Crippen LogP contribution in [0.15, 0.2) is 106 Å². The summed E-state index contributed by atoms with van der Waals surface area (Å²) >= 11 is 0. The average molecular weight is 463 g/mol. The first-order valence-corrected chi connectivity index (χ1v) is 14.0. The summed E-state index contributed by atoms with van der Waals surface area (Å²) in [5.41, 5.74) is 0. The fourth-order valence-corrected chi connectivity index (χ4v) is 4.18. The van der Waals surface area contributed by atoms with Crippen molar-refractivity contribution in [1.29, 1.82) is 0 Å². The molecule has 0 aliphatic heterocycles. The van der Waals surface area contributed by atoms with Crippen LogP contribution in [0, 0.1) is 7.43 Å². The molecular formula is C27H42O2S2. The molecule has 0 radical (unpaired) electrons. The van der Waals surface area contributed by atoms with Crippen LogP contribution >= 0.6 is 0 Å². The zero-order chi connectivity index (χ0) is 23.4. The molecular weight excluding hydrogens is 420 g/mol. The maximum atomic E-state index is 9.63. The fraction of sp³-hybridized carbons (Fsp3) is 0.296. The minimum atomic E-state index is -2.67. The maximum Gasteiger partial charge on any atom is 0.166 e. The minimum Gasteiger partial charge on any atom is -0.358 e. The summed E-state index contributed by atoms with van der Waals surface area (Å²) in [4.78, 5) is 4.08. The molecule has 0 unspecified atom stereocenters. The van der Waals surface area contributed by atoms with Gasteiger partial charge >= 0.3 is 0 Å². The van der Waals surface area contributed by atoms with Crippen molar-refractivity contribution < 1.29 is 8.42 Å². The summed E-state index contributed by atoms with van der Waals surface area (Å²) in [7, 11) is -2.68. The molecule has 3 rings (SSSR count). The van der Waals surface area contributed by atoms with Crippen LogP contribution in [0.25, 0.3) is 0 Å². The Bertz CT molecular complexity index is 730. The van der Waals surface area contributed by atoms with Crippen LogP contribution in [-0.4, -0.2) is 20.9 Å². The van der Waals surface area contributed by atoms with Crippen molar-refractivity contribution in [3.63, 3.8) is 0 Å². The molecule has 0 N–H and O–H groups in total. The molecule has 0 aromatic heterocycles. The molecule has 0 atom stereocenters. The van der Waals surface area contributed by atoms with E-state index >= 15 is 0 Å². The van der Waals surface area contributed by atoms with Crippen LogP contribution in [-0.2, 0) is 20.7 Å². The van der Waals surface area contributed by atoms with E-state index in [1.807, 2.05) is 41.5 Å². The molecule has 0 saturated carbocycles. The lowest BCUT2D eigenvalue weighted by Crippen LogP contribution is -2.04. The fourth-order valence-electron chi connectivity index (χ4n) is 2.08. The molecule has 3 aromatic rings. The van der Waals surface area contributed by atoms with E-state index in [1.54, 1.807) is 0 Å². The van der Waals surface area contributed by atoms with Gasteiger partial charge in [-0.3, -0.25) is 0 Å². The van der Waals surface area contributed by atoms with Gasteiger partial charge in [-0.25, -0.2) is 8.42 Å². The molecule has 2 nitrogen and oxygen atoms in total. The molecule has 0 spiro atoms. The van der Waals surface area contributed by atoms with Gasteiger partial charge in [-0.1, -0.05) is 96.1 Å². The van der Waals surface area contributed by atoms with Gasteiger partial charge in [0.1, 0.15) is 9.84 Å². The van der Waals surface area contributed by atoms with Gasteiger partial charge in [0.2, 0.25) is 0 Å². The Morgan fingerprint density at radius 1 is 0.484 bits per heavy atom. The normalized spacial score (nSPS) is 8.94. The monoisotopic (exact) mass is 462 g/mol. The van der Waals surface area contributed by atoms with Gasteiger partial charge < -0.3 is 7.43 Å². The molecule has 4 heteroatoms. The molecule has 31 heavy (non-hydrogen) atoms. The molecule has 0 bridgehead atoms. The molecule has 0 saturated heterocycles. The van der Waals surface area contributed by atoms with Crippen LogP contribution < -0.4 is 0 Å². The second-order valence-corrected chi connectivity index (χ2v) is 9.70. The number of hydrogen-bond acceptors (Lipinski definition) is 2. The lowest BCUT2D eigenvalue weighted by Gasteiger charge is -2.07. The summed E-state index contributed by atoms with van der Waals surface area (Å²) < 4.78 is 19.3. The van der Waals surface area contributed by atoms with E-state index in [1.165, 1.54) is 14.7 Å². The molecule has 174 valence electrons. The van der Waals surface area contributed by atoms with Crippen molar-refractivity contribution in [2.24, 2.45) is 0 Å². The Hall–Kier alpha value is -2.04. The Labute approximate surface area is 196 Å². The molecule has 0 aliphatic carbocycles. The third kappa shape index (κ3) is 16.3. The second-order valence-electron chi connectivity index (χ2n) is 5.39. The molecule has 0 amide bonds. The zero-order valence-corrected chi connectivity index (χ0v) is 22.4. The summed E-state index contributed by atoms with van der Waals surface area (Å²) in [6.45, 7) is 12.0. The van der Waals surface area contributed by atoms with Crippen molar-refractivity contribution in [3.8, 4) is 0 Å². The standard InChI is InChI=1S/C18H15S.C2H6O2S.3C2H6.CH3/c1-4-10-16(11-5-1)19(17-12-6-2-7-13-17)18-14-8-3-9-15-18;1-5(2,3)4;3*1-2;/h1-15H;1-2H3;3*1-2H3;1H3/q+1;;;;;-1. The maximum absolute atomic E-state index is 9.63. The molecule has 0 heterocycles. The third-order valence-corrected chi connectivity index (χ3v) is 5.17. The van der Waals surface area contributed by atoms with Gasteiger partial charge in [0, 0.05) is 12.5 Å². The molecule has 0 aliphatic rings. The minimum absolute atomic E-state index is 0. The van der Waals surface area contributed by atoms with Crippen LogP contribution in [0.2, 0.25) is 0 Å². The van der Waals surface area contributed by atoms with E-state index < -0.39 is 9.84 Å². The highest BCUT2D eigenvalue weighted by atomic mass is 32.2. The quantitative estimate of drug-likeness (QED) is 0.292. The lowest BCUT2D eigenvalue weighted by atomic mass is 10.4. The Kier molecular flexibility index (Phi) is 23.0. The highest BCUT2D eigenvalue weighted by Gasteiger charge is 2.27.